The first kappa shape index (κ1) is 69.2. The van der Waals surface area contributed by atoms with E-state index in [0.29, 0.717) is 25.7 Å². The van der Waals surface area contributed by atoms with Crippen molar-refractivity contribution in [2.24, 2.45) is 0 Å². The molecule has 75 heavy (non-hydrogen) atoms. The van der Waals surface area contributed by atoms with Gasteiger partial charge in [-0.1, -0.05) is 229 Å². The Morgan fingerprint density at radius 2 is 0.867 bits per heavy atom. The smallest absolute Gasteiger partial charge is 0.335 e. The van der Waals surface area contributed by atoms with E-state index in [0.717, 1.165) is 89.9 Å². The fourth-order valence-electron chi connectivity index (χ4n) is 8.68. The third-order valence-corrected chi connectivity index (χ3v) is 13.3. The highest BCUT2D eigenvalue weighted by Crippen LogP contribution is 2.26. The van der Waals surface area contributed by atoms with E-state index >= 15 is 0 Å². The summed E-state index contributed by atoms with van der Waals surface area (Å²) in [5.41, 5.74) is 0. The standard InChI is InChI=1S/C63H106O12/c1-4-7-10-13-16-19-22-24-26-28-30-32-35-37-40-43-46-49-55(64)71-52-54(73-56(65)50-47-44-41-38-34-21-18-15-12-9-6-3)53-72-63-61(59(68)58(67)60(75-63)62(69)70)74-57(66)51-48-45-42-39-36-33-31-29-27-25-23-20-17-14-11-8-5-2/h8,11,15,17-18,20,25,27,31,33,39,42,54,58-61,63,67-68H,4-7,9-10,12-14,16,19,21-24,26,28-30,32,34-38,40-41,43-53H2,1-3H3,(H,69,70)/b11-8-,18-15-,20-17-,27-25-,33-31-,42-39-. The highest BCUT2D eigenvalue weighted by molar-refractivity contribution is 5.74. The molecule has 0 spiro atoms. The summed E-state index contributed by atoms with van der Waals surface area (Å²) in [4.78, 5) is 51.1. The lowest BCUT2D eigenvalue weighted by Crippen LogP contribution is -2.61. The van der Waals surface area contributed by atoms with E-state index in [1.54, 1.807) is 0 Å². The average Bonchev–Trinajstić information content (AvgIpc) is 3.39. The van der Waals surface area contributed by atoms with Crippen LogP contribution in [0.2, 0.25) is 0 Å². The van der Waals surface area contributed by atoms with Crippen LogP contribution in [0.15, 0.2) is 72.9 Å². The van der Waals surface area contributed by atoms with Gasteiger partial charge in [0.2, 0.25) is 0 Å². The van der Waals surface area contributed by atoms with Gasteiger partial charge >= 0.3 is 23.9 Å². The molecule has 1 fully saturated rings. The fourth-order valence-corrected chi connectivity index (χ4v) is 8.68. The molecule has 1 heterocycles. The SMILES string of the molecule is CC/C=C\C/C=C\C/C=C\C/C=C\C/C=C\CCCC(=O)OC1C(OCC(COC(=O)CCCCCCCCCCCCCCCCCCC)OC(=O)CCCCCCC/C=C\CCCC)OC(C(=O)O)C(O)C1O. The third-order valence-electron chi connectivity index (χ3n) is 13.3. The van der Waals surface area contributed by atoms with Crippen LogP contribution in [0, 0.1) is 0 Å². The number of ether oxygens (including phenoxy) is 5. The zero-order valence-electron chi connectivity index (χ0n) is 47.3. The second-order valence-corrected chi connectivity index (χ2v) is 20.3. The van der Waals surface area contributed by atoms with Crippen molar-refractivity contribution in [3.8, 4) is 0 Å². The minimum absolute atomic E-state index is 0.0194. The molecular formula is C63H106O12. The maximum absolute atomic E-state index is 13.1. The van der Waals surface area contributed by atoms with E-state index in [2.05, 4.69) is 81.5 Å². The van der Waals surface area contributed by atoms with Crippen molar-refractivity contribution >= 4 is 23.9 Å². The first-order valence-electron chi connectivity index (χ1n) is 29.9. The minimum atomic E-state index is -1.92. The molecule has 0 aromatic carbocycles. The fraction of sp³-hybridized carbons (Fsp3) is 0.746. The van der Waals surface area contributed by atoms with Crippen molar-refractivity contribution in [3.05, 3.63) is 72.9 Å². The van der Waals surface area contributed by atoms with Crippen LogP contribution in [0.3, 0.4) is 0 Å². The van der Waals surface area contributed by atoms with E-state index in [4.69, 9.17) is 23.7 Å². The second-order valence-electron chi connectivity index (χ2n) is 20.3. The van der Waals surface area contributed by atoms with Crippen LogP contribution >= 0.6 is 0 Å². The lowest BCUT2D eigenvalue weighted by atomic mass is 9.98. The van der Waals surface area contributed by atoms with Crippen molar-refractivity contribution in [1.29, 1.82) is 0 Å². The molecule has 12 nitrogen and oxygen atoms in total. The maximum Gasteiger partial charge on any atom is 0.335 e. The van der Waals surface area contributed by atoms with Gasteiger partial charge in [0.05, 0.1) is 6.61 Å². The molecule has 12 heteroatoms. The highest BCUT2D eigenvalue weighted by atomic mass is 16.7. The number of esters is 3. The molecule has 6 unspecified atom stereocenters. The van der Waals surface area contributed by atoms with Gasteiger partial charge in [0, 0.05) is 19.3 Å². The quantitative estimate of drug-likeness (QED) is 0.0228. The number of carbonyl (C=O) groups is 4. The first-order valence-corrected chi connectivity index (χ1v) is 29.9. The van der Waals surface area contributed by atoms with E-state index in [1.165, 1.54) is 96.3 Å². The van der Waals surface area contributed by atoms with Crippen LogP contribution in [-0.2, 0) is 42.9 Å². The molecule has 1 aliphatic heterocycles. The van der Waals surface area contributed by atoms with Crippen LogP contribution < -0.4 is 0 Å². The molecule has 1 saturated heterocycles. The summed E-state index contributed by atoms with van der Waals surface area (Å²) in [5, 5.41) is 31.4. The van der Waals surface area contributed by atoms with Crippen LogP contribution in [0.25, 0.3) is 0 Å². The Morgan fingerprint density at radius 1 is 0.453 bits per heavy atom. The second kappa shape index (κ2) is 50.9. The van der Waals surface area contributed by atoms with Gasteiger partial charge in [-0.3, -0.25) is 14.4 Å². The molecule has 0 aromatic rings. The molecule has 0 aromatic heterocycles. The molecule has 0 radical (unpaired) electrons. The minimum Gasteiger partial charge on any atom is -0.479 e. The first-order chi connectivity index (χ1) is 36.6. The van der Waals surface area contributed by atoms with Gasteiger partial charge in [-0.05, 0) is 77.0 Å². The maximum atomic E-state index is 13.1. The molecule has 1 aliphatic rings. The van der Waals surface area contributed by atoms with Crippen molar-refractivity contribution < 1.29 is 58.2 Å². The molecular weight excluding hydrogens is 949 g/mol. The van der Waals surface area contributed by atoms with Crippen molar-refractivity contribution in [1.82, 2.24) is 0 Å². The number of aliphatic carboxylic acids is 1. The average molecular weight is 1060 g/mol. The Bertz CT molecular complexity index is 1580. The van der Waals surface area contributed by atoms with Crippen LogP contribution in [0.4, 0.5) is 0 Å². The van der Waals surface area contributed by atoms with Crippen LogP contribution in [-0.4, -0.2) is 89.2 Å². The van der Waals surface area contributed by atoms with E-state index < -0.39 is 67.3 Å². The summed E-state index contributed by atoms with van der Waals surface area (Å²) in [6.07, 6.45) is 51.7. The number of unbranched alkanes of at least 4 members (excludes halogenated alkanes) is 24. The van der Waals surface area contributed by atoms with E-state index in [1.807, 2.05) is 12.2 Å². The van der Waals surface area contributed by atoms with Gasteiger partial charge in [0.15, 0.2) is 24.6 Å². The number of rotatable bonds is 50. The Labute approximate surface area is 455 Å². The summed E-state index contributed by atoms with van der Waals surface area (Å²) in [7, 11) is 0. The number of aliphatic hydroxyl groups is 2. The predicted octanol–water partition coefficient (Wildman–Crippen LogP) is 15.3. The summed E-state index contributed by atoms with van der Waals surface area (Å²) < 4.78 is 28.3. The number of carboxylic acids is 1. The zero-order chi connectivity index (χ0) is 54.7. The molecule has 430 valence electrons. The molecule has 6 atom stereocenters. The summed E-state index contributed by atoms with van der Waals surface area (Å²) in [6, 6.07) is 0. The normalized spacial score (nSPS) is 18.7. The number of carboxylic acid groups (broad SMARTS) is 1. The molecule has 0 amide bonds. The predicted molar refractivity (Wildman–Crippen MR) is 303 cm³/mol. The van der Waals surface area contributed by atoms with Crippen molar-refractivity contribution in [3.63, 3.8) is 0 Å². The third kappa shape index (κ3) is 41.0. The Balaban J connectivity index is 2.69. The molecule has 3 N–H and O–H groups in total. The molecule has 0 aliphatic carbocycles. The van der Waals surface area contributed by atoms with Gasteiger partial charge in [-0.15, -0.1) is 0 Å². The van der Waals surface area contributed by atoms with Crippen LogP contribution in [0.5, 0.6) is 0 Å². The van der Waals surface area contributed by atoms with E-state index in [9.17, 15) is 34.5 Å². The topological polar surface area (TPSA) is 175 Å². The molecule has 1 rings (SSSR count). The van der Waals surface area contributed by atoms with E-state index in [-0.39, 0.29) is 25.9 Å². The van der Waals surface area contributed by atoms with Gasteiger partial charge < -0.3 is 39.0 Å². The molecule has 0 saturated carbocycles. The lowest BCUT2D eigenvalue weighted by Gasteiger charge is -2.40. The Kier molecular flexibility index (Phi) is 47.0. The van der Waals surface area contributed by atoms with Crippen molar-refractivity contribution in [2.75, 3.05) is 13.2 Å². The number of hydrogen-bond donors (Lipinski definition) is 3. The van der Waals surface area contributed by atoms with Crippen molar-refractivity contribution in [2.45, 2.75) is 289 Å². The lowest BCUT2D eigenvalue weighted by molar-refractivity contribution is -0.301. The van der Waals surface area contributed by atoms with Crippen LogP contribution in [0.1, 0.15) is 252 Å². The Morgan fingerprint density at radius 3 is 1.37 bits per heavy atom. The summed E-state index contributed by atoms with van der Waals surface area (Å²) >= 11 is 0. The summed E-state index contributed by atoms with van der Waals surface area (Å²) in [5.74, 6) is -3.20. The number of aliphatic hydroxyl groups excluding tert-OH is 2. The van der Waals surface area contributed by atoms with Gasteiger partial charge in [0.1, 0.15) is 18.8 Å². The summed E-state index contributed by atoms with van der Waals surface area (Å²) in [6.45, 7) is 5.82. The molecule has 0 bridgehead atoms. The number of hydrogen-bond acceptors (Lipinski definition) is 11. The zero-order valence-corrected chi connectivity index (χ0v) is 47.3. The number of allylic oxidation sites excluding steroid dienone is 12. The highest BCUT2D eigenvalue weighted by Gasteiger charge is 2.50. The van der Waals surface area contributed by atoms with Gasteiger partial charge in [0.25, 0.3) is 0 Å². The largest absolute Gasteiger partial charge is 0.479 e. The monoisotopic (exact) mass is 1050 g/mol. The Hall–Kier alpha value is -3.84. The van der Waals surface area contributed by atoms with Gasteiger partial charge in [-0.2, -0.15) is 0 Å². The number of carbonyl (C=O) groups excluding carboxylic acids is 3. The van der Waals surface area contributed by atoms with Gasteiger partial charge in [-0.25, -0.2) is 4.79 Å².